The molecule has 4 aromatic rings. The van der Waals surface area contributed by atoms with Crippen LogP contribution in [0.1, 0.15) is 10.7 Å². The predicted octanol–water partition coefficient (Wildman–Crippen LogP) is 1.59. The molecule has 28 heavy (non-hydrogen) atoms. The fourth-order valence-corrected chi connectivity index (χ4v) is 4.03. The van der Waals surface area contributed by atoms with Gasteiger partial charge >= 0.3 is 0 Å². The topological polar surface area (TPSA) is 131 Å². The molecule has 0 fully saturated rings. The van der Waals surface area contributed by atoms with Gasteiger partial charge in [-0.15, -0.1) is 11.3 Å². The normalized spacial score (nSPS) is 12.3. The first-order valence-electron chi connectivity index (χ1n) is 8.08. The molecule has 0 radical (unpaired) electrons. The van der Waals surface area contributed by atoms with Gasteiger partial charge in [0.2, 0.25) is 0 Å². The van der Waals surface area contributed by atoms with Gasteiger partial charge in [0.25, 0.3) is 5.56 Å². The Hall–Kier alpha value is -3.41. The van der Waals surface area contributed by atoms with Gasteiger partial charge in [0.15, 0.2) is 17.3 Å². The van der Waals surface area contributed by atoms with E-state index in [1.165, 1.54) is 23.7 Å². The molecular weight excluding hydrogens is 390 g/mol. The average Bonchev–Trinajstić information content (AvgIpc) is 3.34. The summed E-state index contributed by atoms with van der Waals surface area (Å²) in [5, 5.41) is 19.2. The van der Waals surface area contributed by atoms with Crippen LogP contribution in [0, 0.1) is 11.2 Å². The number of hydrogen-bond donors (Lipinski definition) is 3. The number of nitrogens with zero attached hydrogens (tertiary/aromatic N) is 5. The molecule has 0 aromatic carbocycles. The number of rotatable bonds is 5. The van der Waals surface area contributed by atoms with E-state index >= 15 is 0 Å². The summed E-state index contributed by atoms with van der Waals surface area (Å²) in [5.74, 6) is -1.35. The molecule has 4 aromatic heterocycles. The van der Waals surface area contributed by atoms with Crippen molar-refractivity contribution < 1.29 is 8.78 Å². The van der Waals surface area contributed by atoms with Crippen molar-refractivity contribution in [2.75, 3.05) is 0 Å². The lowest BCUT2D eigenvalue weighted by Crippen LogP contribution is -2.27. The average molecular weight is 404 g/mol. The van der Waals surface area contributed by atoms with E-state index in [2.05, 4.69) is 20.3 Å². The highest BCUT2D eigenvalue weighted by Gasteiger charge is 2.20. The van der Waals surface area contributed by atoms with Gasteiger partial charge in [-0.1, -0.05) is 0 Å². The van der Waals surface area contributed by atoms with E-state index in [1.807, 2.05) is 0 Å². The number of aryl methyl sites for hydroxylation is 1. The number of aromatic amines is 1. The Morgan fingerprint density at radius 2 is 2.29 bits per heavy atom. The number of nitrogens with two attached hydrogens (primary N) is 1. The fourth-order valence-electron chi connectivity index (χ4n) is 2.92. The summed E-state index contributed by atoms with van der Waals surface area (Å²) in [4.78, 5) is 17.3. The highest BCUT2D eigenvalue weighted by molar-refractivity contribution is 7.19. The van der Waals surface area contributed by atoms with E-state index in [0.29, 0.717) is 27.8 Å². The lowest BCUT2D eigenvalue weighted by atomic mass is 10.3. The standard InChI is InChI=1S/C16H14F2N8OS/c1-25-13-7(4-22-26(16(13)27)6-10(20)8(17)3-19)14-15(25)23-12(28-14)2-11-9(18)5-21-24-11/h3-5,20H,2,6,19H2,1H3,(H,21,24)/b8-3+,20-10?. The second kappa shape index (κ2) is 6.64. The maximum absolute atomic E-state index is 13.6. The minimum absolute atomic E-state index is 0.225. The maximum atomic E-state index is 13.6. The van der Waals surface area contributed by atoms with Gasteiger partial charge in [-0.3, -0.25) is 9.89 Å². The zero-order chi connectivity index (χ0) is 20.0. The minimum atomic E-state index is -0.918. The lowest BCUT2D eigenvalue weighted by Gasteiger charge is -2.05. The quantitative estimate of drug-likeness (QED) is 0.435. The smallest absolute Gasteiger partial charge is 0.291 e. The van der Waals surface area contributed by atoms with E-state index < -0.39 is 22.9 Å². The van der Waals surface area contributed by atoms with Gasteiger partial charge in [0, 0.05) is 25.1 Å². The summed E-state index contributed by atoms with van der Waals surface area (Å²) in [6.07, 6.45) is 3.54. The van der Waals surface area contributed by atoms with Crippen LogP contribution in [0.2, 0.25) is 0 Å². The molecule has 9 nitrogen and oxygen atoms in total. The molecule has 12 heteroatoms. The molecule has 4 N–H and O–H groups in total. The molecule has 0 bridgehead atoms. The Morgan fingerprint density at radius 1 is 1.50 bits per heavy atom. The van der Waals surface area contributed by atoms with Gasteiger partial charge in [-0.25, -0.2) is 18.4 Å². The van der Waals surface area contributed by atoms with Crippen LogP contribution in [0.4, 0.5) is 8.78 Å². The summed E-state index contributed by atoms with van der Waals surface area (Å²) in [7, 11) is 1.68. The van der Waals surface area contributed by atoms with Crippen LogP contribution in [-0.2, 0) is 20.0 Å². The molecule has 0 saturated carbocycles. The van der Waals surface area contributed by atoms with Crippen molar-refractivity contribution in [2.45, 2.75) is 13.0 Å². The number of fused-ring (bicyclic) bond motifs is 3. The third-order valence-corrected chi connectivity index (χ3v) is 5.38. The van der Waals surface area contributed by atoms with E-state index in [9.17, 15) is 13.6 Å². The van der Waals surface area contributed by atoms with Gasteiger partial charge < -0.3 is 15.7 Å². The first-order chi connectivity index (χ1) is 13.4. The van der Waals surface area contributed by atoms with Crippen LogP contribution in [0.25, 0.3) is 21.3 Å². The number of H-pyrrole nitrogens is 1. The summed E-state index contributed by atoms with van der Waals surface area (Å²) in [6, 6.07) is 0. The monoisotopic (exact) mass is 404 g/mol. The number of halogens is 2. The molecule has 0 saturated heterocycles. The van der Waals surface area contributed by atoms with Crippen molar-refractivity contribution in [2.24, 2.45) is 12.8 Å². The van der Waals surface area contributed by atoms with E-state index in [1.54, 1.807) is 11.6 Å². The number of hydrogen-bond acceptors (Lipinski definition) is 7. The van der Waals surface area contributed by atoms with Crippen LogP contribution in [-0.4, -0.2) is 35.2 Å². The highest BCUT2D eigenvalue weighted by Crippen LogP contribution is 2.31. The highest BCUT2D eigenvalue weighted by atomic mass is 32.1. The Morgan fingerprint density at radius 3 is 2.96 bits per heavy atom. The molecule has 0 unspecified atom stereocenters. The predicted molar refractivity (Wildman–Crippen MR) is 101 cm³/mol. The minimum Gasteiger partial charge on any atom is -0.402 e. The van der Waals surface area contributed by atoms with Crippen LogP contribution in [0.3, 0.4) is 0 Å². The lowest BCUT2D eigenvalue weighted by molar-refractivity contribution is 0.614. The largest absolute Gasteiger partial charge is 0.402 e. The summed E-state index contributed by atoms with van der Waals surface area (Å²) in [5.41, 5.74) is 5.30. The summed E-state index contributed by atoms with van der Waals surface area (Å²) in [6.45, 7) is -0.343. The van der Waals surface area contributed by atoms with E-state index in [4.69, 9.17) is 11.1 Å². The van der Waals surface area contributed by atoms with Crippen molar-refractivity contribution >= 4 is 38.3 Å². The van der Waals surface area contributed by atoms with Crippen LogP contribution >= 0.6 is 11.3 Å². The molecule has 0 aliphatic rings. The third-order valence-electron chi connectivity index (χ3n) is 4.30. The molecule has 4 rings (SSSR count). The fraction of sp³-hybridized carbons (Fsp3) is 0.188. The van der Waals surface area contributed by atoms with Gasteiger partial charge in [0.1, 0.15) is 16.2 Å². The number of allylic oxidation sites excluding steroid dienone is 1. The molecular formula is C16H14F2N8OS. The van der Waals surface area contributed by atoms with Crippen molar-refractivity contribution in [3.63, 3.8) is 0 Å². The molecule has 4 heterocycles. The van der Waals surface area contributed by atoms with Gasteiger partial charge in [-0.05, 0) is 0 Å². The Balaban J connectivity index is 1.78. The Labute approximate surface area is 159 Å². The summed E-state index contributed by atoms with van der Waals surface area (Å²) < 4.78 is 30.4. The second-order valence-electron chi connectivity index (χ2n) is 6.04. The van der Waals surface area contributed by atoms with E-state index in [0.717, 1.165) is 9.38 Å². The summed E-state index contributed by atoms with van der Waals surface area (Å²) >= 11 is 1.32. The molecule has 0 amide bonds. The van der Waals surface area contributed by atoms with Gasteiger partial charge in [-0.2, -0.15) is 10.2 Å². The molecule has 144 valence electrons. The van der Waals surface area contributed by atoms with Crippen molar-refractivity contribution in [1.29, 1.82) is 5.41 Å². The van der Waals surface area contributed by atoms with Gasteiger partial charge in [0.05, 0.1) is 29.4 Å². The zero-order valence-corrected chi connectivity index (χ0v) is 15.3. The third kappa shape index (κ3) is 2.78. The van der Waals surface area contributed by atoms with Crippen LogP contribution < -0.4 is 11.3 Å². The van der Waals surface area contributed by atoms with Crippen molar-refractivity contribution in [3.8, 4) is 0 Å². The zero-order valence-electron chi connectivity index (χ0n) is 14.5. The number of thiazole rings is 1. The van der Waals surface area contributed by atoms with Crippen LogP contribution in [0.15, 0.2) is 29.2 Å². The Kier molecular flexibility index (Phi) is 4.26. The Bertz CT molecular complexity index is 1310. The number of aromatic nitrogens is 6. The SMILES string of the molecule is Cn1c2nc(Cc3n[nH]cc3F)sc2c2cnn(CC(=N)/C(F)=C\N)c(=O)c21. The van der Waals surface area contributed by atoms with Crippen molar-refractivity contribution in [1.82, 2.24) is 29.5 Å². The van der Waals surface area contributed by atoms with Crippen molar-refractivity contribution in [3.05, 3.63) is 51.3 Å². The van der Waals surface area contributed by atoms with Crippen LogP contribution in [0.5, 0.6) is 0 Å². The molecule has 0 aliphatic carbocycles. The molecule has 0 aliphatic heterocycles. The molecule has 0 atom stereocenters. The number of nitrogens with one attached hydrogen (secondary N) is 2. The first kappa shape index (κ1) is 18.0. The maximum Gasteiger partial charge on any atom is 0.291 e. The van der Waals surface area contributed by atoms with E-state index in [-0.39, 0.29) is 18.7 Å². The first-order valence-corrected chi connectivity index (χ1v) is 8.89. The molecule has 0 spiro atoms. The second-order valence-corrected chi connectivity index (χ2v) is 7.12.